The third kappa shape index (κ3) is 3.06. The summed E-state index contributed by atoms with van der Waals surface area (Å²) in [6, 6.07) is 2.10. The number of thiophene rings is 1. The quantitative estimate of drug-likeness (QED) is 0.857. The molecule has 1 atom stereocenters. The van der Waals surface area contributed by atoms with Crippen LogP contribution < -0.4 is 5.32 Å². The van der Waals surface area contributed by atoms with Gasteiger partial charge in [0.2, 0.25) is 5.91 Å². The minimum absolute atomic E-state index is 0.0290. The first-order valence-corrected chi connectivity index (χ1v) is 6.80. The molecular weight excluding hydrogens is 234 g/mol. The first-order chi connectivity index (χ1) is 8.18. The van der Waals surface area contributed by atoms with Gasteiger partial charge in [0.05, 0.1) is 0 Å². The van der Waals surface area contributed by atoms with Crippen LogP contribution in [-0.4, -0.2) is 55.5 Å². The predicted octanol–water partition coefficient (Wildman–Crippen LogP) is 0.610. The molecule has 1 saturated heterocycles. The van der Waals surface area contributed by atoms with Gasteiger partial charge in [-0.3, -0.25) is 9.69 Å². The van der Waals surface area contributed by atoms with Crippen molar-refractivity contribution in [3.63, 3.8) is 0 Å². The summed E-state index contributed by atoms with van der Waals surface area (Å²) in [5.74, 6) is 0.187. The molecule has 17 heavy (non-hydrogen) atoms. The lowest BCUT2D eigenvalue weighted by Crippen LogP contribution is -2.57. The van der Waals surface area contributed by atoms with Crippen molar-refractivity contribution in [3.05, 3.63) is 22.4 Å². The average molecular weight is 253 g/mol. The summed E-state index contributed by atoms with van der Waals surface area (Å²) in [7, 11) is 3.64. The summed E-state index contributed by atoms with van der Waals surface area (Å²) in [6.45, 7) is 3.51. The van der Waals surface area contributed by atoms with Crippen molar-refractivity contribution in [1.82, 2.24) is 15.1 Å². The largest absolute Gasteiger partial charge is 0.347 e. The molecule has 1 unspecified atom stereocenters. The van der Waals surface area contributed by atoms with E-state index in [0.717, 1.165) is 26.2 Å². The van der Waals surface area contributed by atoms with Crippen LogP contribution in [0.2, 0.25) is 0 Å². The molecule has 1 amide bonds. The van der Waals surface area contributed by atoms with Gasteiger partial charge in [-0.1, -0.05) is 0 Å². The lowest BCUT2D eigenvalue weighted by Gasteiger charge is -2.36. The summed E-state index contributed by atoms with van der Waals surface area (Å²) >= 11 is 1.71. The number of nitrogens with zero attached hydrogens (tertiary/aromatic N) is 2. The molecule has 4 nitrogen and oxygen atoms in total. The van der Waals surface area contributed by atoms with E-state index in [-0.39, 0.29) is 11.9 Å². The van der Waals surface area contributed by atoms with E-state index in [1.807, 2.05) is 14.1 Å². The molecule has 0 bridgehead atoms. The molecule has 94 valence electrons. The zero-order valence-electron chi connectivity index (χ0n) is 10.3. The fourth-order valence-corrected chi connectivity index (χ4v) is 2.75. The lowest BCUT2D eigenvalue weighted by atomic mass is 10.1. The van der Waals surface area contributed by atoms with Crippen LogP contribution in [0.15, 0.2) is 16.8 Å². The highest BCUT2D eigenvalue weighted by Gasteiger charge is 2.29. The number of nitrogens with one attached hydrogen (secondary N) is 1. The Balaban J connectivity index is 2.04. The van der Waals surface area contributed by atoms with Gasteiger partial charge in [0, 0.05) is 40.3 Å². The Morgan fingerprint density at radius 2 is 2.47 bits per heavy atom. The number of carbonyl (C=O) groups is 1. The van der Waals surface area contributed by atoms with E-state index in [2.05, 4.69) is 27.0 Å². The van der Waals surface area contributed by atoms with Gasteiger partial charge < -0.3 is 10.2 Å². The van der Waals surface area contributed by atoms with Crippen LogP contribution in [0.4, 0.5) is 0 Å². The number of piperazine rings is 1. The van der Waals surface area contributed by atoms with Gasteiger partial charge >= 0.3 is 0 Å². The van der Waals surface area contributed by atoms with Crippen molar-refractivity contribution in [2.24, 2.45) is 0 Å². The van der Waals surface area contributed by atoms with Crippen LogP contribution in [-0.2, 0) is 11.3 Å². The molecule has 0 spiro atoms. The Labute approximate surface area is 106 Å². The van der Waals surface area contributed by atoms with Crippen LogP contribution in [0.25, 0.3) is 0 Å². The standard InChI is InChI=1S/C12H19N3OS/c1-14(2)12(16)11-7-13-4-5-15(11)8-10-3-6-17-9-10/h3,6,9,11,13H,4-5,7-8H2,1-2H3. The van der Waals surface area contributed by atoms with E-state index in [9.17, 15) is 4.79 Å². The summed E-state index contributed by atoms with van der Waals surface area (Å²) < 4.78 is 0. The zero-order chi connectivity index (χ0) is 12.3. The maximum atomic E-state index is 12.1. The van der Waals surface area contributed by atoms with E-state index in [1.54, 1.807) is 16.2 Å². The number of hydrogen-bond donors (Lipinski definition) is 1. The third-order valence-corrected chi connectivity index (χ3v) is 3.78. The van der Waals surface area contributed by atoms with Crippen LogP contribution >= 0.6 is 11.3 Å². The molecule has 2 rings (SSSR count). The highest BCUT2D eigenvalue weighted by Crippen LogP contribution is 2.14. The van der Waals surface area contributed by atoms with E-state index in [1.165, 1.54) is 5.56 Å². The Hall–Kier alpha value is -0.910. The van der Waals surface area contributed by atoms with Gasteiger partial charge in [0.25, 0.3) is 0 Å². The number of hydrogen-bond acceptors (Lipinski definition) is 4. The van der Waals surface area contributed by atoms with Crippen molar-refractivity contribution < 1.29 is 4.79 Å². The Bertz CT molecular complexity index is 364. The third-order valence-electron chi connectivity index (χ3n) is 3.05. The topological polar surface area (TPSA) is 35.6 Å². The maximum Gasteiger partial charge on any atom is 0.240 e. The summed E-state index contributed by atoms with van der Waals surface area (Å²) in [5.41, 5.74) is 1.30. The fraction of sp³-hybridized carbons (Fsp3) is 0.583. The SMILES string of the molecule is CN(C)C(=O)C1CNCCN1Cc1ccsc1. The molecule has 1 aromatic heterocycles. The van der Waals surface area contributed by atoms with E-state index in [0.29, 0.717) is 0 Å². The molecule has 5 heteroatoms. The van der Waals surface area contributed by atoms with Crippen molar-refractivity contribution >= 4 is 17.2 Å². The number of rotatable bonds is 3. The molecular formula is C12H19N3OS. The van der Waals surface area contributed by atoms with Crippen molar-refractivity contribution in [2.75, 3.05) is 33.7 Å². The minimum Gasteiger partial charge on any atom is -0.347 e. The van der Waals surface area contributed by atoms with Gasteiger partial charge in [0.15, 0.2) is 0 Å². The second-order valence-corrected chi connectivity index (χ2v) is 5.33. The van der Waals surface area contributed by atoms with Gasteiger partial charge in [-0.2, -0.15) is 11.3 Å². The van der Waals surface area contributed by atoms with E-state index < -0.39 is 0 Å². The molecule has 0 aromatic carbocycles. The number of carbonyl (C=O) groups excluding carboxylic acids is 1. The highest BCUT2D eigenvalue weighted by atomic mass is 32.1. The van der Waals surface area contributed by atoms with Gasteiger partial charge in [0.1, 0.15) is 6.04 Å². The van der Waals surface area contributed by atoms with Crippen LogP contribution in [0.3, 0.4) is 0 Å². The number of amides is 1. The van der Waals surface area contributed by atoms with Crippen molar-refractivity contribution in [1.29, 1.82) is 0 Å². The lowest BCUT2D eigenvalue weighted by molar-refractivity contribution is -0.135. The van der Waals surface area contributed by atoms with E-state index >= 15 is 0 Å². The van der Waals surface area contributed by atoms with Crippen molar-refractivity contribution in [3.8, 4) is 0 Å². The average Bonchev–Trinajstić information content (AvgIpc) is 2.81. The Morgan fingerprint density at radius 3 is 3.12 bits per heavy atom. The molecule has 1 aliphatic heterocycles. The minimum atomic E-state index is -0.0290. The maximum absolute atomic E-state index is 12.1. The number of likely N-dealkylation sites (N-methyl/N-ethyl adjacent to an activating group) is 1. The Morgan fingerprint density at radius 1 is 1.65 bits per heavy atom. The molecule has 0 radical (unpaired) electrons. The smallest absolute Gasteiger partial charge is 0.240 e. The highest BCUT2D eigenvalue weighted by molar-refractivity contribution is 7.07. The van der Waals surface area contributed by atoms with Crippen molar-refractivity contribution in [2.45, 2.75) is 12.6 Å². The second kappa shape index (κ2) is 5.62. The zero-order valence-corrected chi connectivity index (χ0v) is 11.2. The molecule has 1 N–H and O–H groups in total. The monoisotopic (exact) mass is 253 g/mol. The summed E-state index contributed by atoms with van der Waals surface area (Å²) in [5, 5.41) is 7.53. The van der Waals surface area contributed by atoms with Gasteiger partial charge in [-0.05, 0) is 22.4 Å². The van der Waals surface area contributed by atoms with Crippen LogP contribution in [0, 0.1) is 0 Å². The van der Waals surface area contributed by atoms with Crippen LogP contribution in [0.5, 0.6) is 0 Å². The van der Waals surface area contributed by atoms with E-state index in [4.69, 9.17) is 0 Å². The van der Waals surface area contributed by atoms with Gasteiger partial charge in [-0.25, -0.2) is 0 Å². The second-order valence-electron chi connectivity index (χ2n) is 4.55. The molecule has 1 aromatic rings. The predicted molar refractivity (Wildman–Crippen MR) is 70.1 cm³/mol. The fourth-order valence-electron chi connectivity index (χ4n) is 2.09. The molecule has 2 heterocycles. The van der Waals surface area contributed by atoms with Gasteiger partial charge in [-0.15, -0.1) is 0 Å². The Kier molecular flexibility index (Phi) is 4.15. The normalized spacial score (nSPS) is 21.4. The molecule has 1 fully saturated rings. The summed E-state index contributed by atoms with van der Waals surface area (Å²) in [4.78, 5) is 16.0. The molecule has 0 saturated carbocycles. The first kappa shape index (κ1) is 12.5. The molecule has 1 aliphatic rings. The first-order valence-electron chi connectivity index (χ1n) is 5.85. The molecule has 0 aliphatic carbocycles. The van der Waals surface area contributed by atoms with Crippen LogP contribution in [0.1, 0.15) is 5.56 Å². The summed E-state index contributed by atoms with van der Waals surface area (Å²) in [6.07, 6.45) is 0.